The van der Waals surface area contributed by atoms with Crippen LogP contribution in [0.5, 0.6) is 0 Å². The largest absolute Gasteiger partial charge is 0.308 e. The molecular formula is C17H26ClN. The minimum absolute atomic E-state index is 0.155. The predicted molar refractivity (Wildman–Crippen MR) is 86.6 cm³/mol. The molecule has 1 aromatic rings. The van der Waals surface area contributed by atoms with Crippen molar-refractivity contribution in [3.8, 4) is 0 Å². The monoisotopic (exact) mass is 279 g/mol. The van der Waals surface area contributed by atoms with Crippen LogP contribution in [0.1, 0.15) is 46.6 Å². The summed E-state index contributed by atoms with van der Waals surface area (Å²) in [6.07, 6.45) is 5.43. The number of rotatable bonds is 5. The molecule has 0 radical (unpaired) electrons. The van der Waals surface area contributed by atoms with Gasteiger partial charge in [-0.05, 0) is 43.4 Å². The minimum Gasteiger partial charge on any atom is -0.308 e. The van der Waals surface area contributed by atoms with E-state index < -0.39 is 0 Å². The summed E-state index contributed by atoms with van der Waals surface area (Å²) < 4.78 is 0. The third-order valence-corrected chi connectivity index (χ3v) is 3.10. The summed E-state index contributed by atoms with van der Waals surface area (Å²) in [7, 11) is 0. The summed E-state index contributed by atoms with van der Waals surface area (Å²) in [5.41, 5.74) is 1.68. The number of hydrogen-bond donors (Lipinski definition) is 1. The van der Waals surface area contributed by atoms with Crippen molar-refractivity contribution in [1.82, 2.24) is 5.32 Å². The van der Waals surface area contributed by atoms with Crippen molar-refractivity contribution in [3.05, 3.63) is 40.9 Å². The Hall–Kier alpha value is -0.790. The van der Waals surface area contributed by atoms with Crippen molar-refractivity contribution >= 4 is 17.7 Å². The maximum absolute atomic E-state index is 5.86. The average Bonchev–Trinajstić information content (AvgIpc) is 2.23. The lowest BCUT2D eigenvalue weighted by atomic mass is 9.82. The van der Waals surface area contributed by atoms with Gasteiger partial charge in [0.05, 0.1) is 0 Å². The molecule has 1 nitrogen and oxygen atoms in total. The highest BCUT2D eigenvalue weighted by molar-refractivity contribution is 6.30. The second kappa shape index (κ2) is 6.58. The normalized spacial score (nSPS) is 13.2. The topological polar surface area (TPSA) is 12.0 Å². The lowest BCUT2D eigenvalue weighted by Gasteiger charge is -2.33. The van der Waals surface area contributed by atoms with Crippen molar-refractivity contribution in [2.75, 3.05) is 6.54 Å². The van der Waals surface area contributed by atoms with Gasteiger partial charge in [0.1, 0.15) is 0 Å². The zero-order valence-electron chi connectivity index (χ0n) is 12.8. The zero-order chi connectivity index (χ0) is 14.5. The first-order valence-corrected chi connectivity index (χ1v) is 7.23. The Morgan fingerprint density at radius 1 is 1.05 bits per heavy atom. The number of benzene rings is 1. The fourth-order valence-corrected chi connectivity index (χ4v) is 2.62. The molecule has 2 heteroatoms. The van der Waals surface area contributed by atoms with Crippen molar-refractivity contribution < 1.29 is 0 Å². The molecule has 0 bridgehead atoms. The predicted octanol–water partition coefficient (Wildman–Crippen LogP) is 5.16. The molecule has 1 rings (SSSR count). The standard InChI is InChI=1S/C17H26ClN/c1-16(2,3)13-17(4,5)19-12-6-7-14-8-10-15(18)11-9-14/h6-11,19H,12-13H2,1-5H3. The summed E-state index contributed by atoms with van der Waals surface area (Å²) in [5, 5.41) is 4.36. The average molecular weight is 280 g/mol. The lowest BCUT2D eigenvalue weighted by Crippen LogP contribution is -2.42. The van der Waals surface area contributed by atoms with Gasteiger partial charge in [0.25, 0.3) is 0 Å². The molecule has 19 heavy (non-hydrogen) atoms. The van der Waals surface area contributed by atoms with Gasteiger partial charge in [0.15, 0.2) is 0 Å². The minimum atomic E-state index is 0.155. The van der Waals surface area contributed by atoms with E-state index in [1.54, 1.807) is 0 Å². The summed E-state index contributed by atoms with van der Waals surface area (Å²) in [4.78, 5) is 0. The van der Waals surface area contributed by atoms with E-state index in [-0.39, 0.29) is 5.54 Å². The van der Waals surface area contributed by atoms with E-state index >= 15 is 0 Å². The van der Waals surface area contributed by atoms with Crippen LogP contribution in [0.3, 0.4) is 0 Å². The van der Waals surface area contributed by atoms with Crippen molar-refractivity contribution in [1.29, 1.82) is 0 Å². The summed E-state index contributed by atoms with van der Waals surface area (Å²) in [6, 6.07) is 7.88. The Bertz CT molecular complexity index is 410. The van der Waals surface area contributed by atoms with Gasteiger partial charge in [-0.15, -0.1) is 0 Å². The fraction of sp³-hybridized carbons (Fsp3) is 0.529. The highest BCUT2D eigenvalue weighted by Crippen LogP contribution is 2.26. The smallest absolute Gasteiger partial charge is 0.0406 e. The Labute approximate surface area is 123 Å². The molecular weight excluding hydrogens is 254 g/mol. The van der Waals surface area contributed by atoms with Gasteiger partial charge < -0.3 is 5.32 Å². The van der Waals surface area contributed by atoms with Crippen LogP contribution in [-0.2, 0) is 0 Å². The molecule has 0 amide bonds. The molecule has 106 valence electrons. The molecule has 0 heterocycles. The number of hydrogen-bond acceptors (Lipinski definition) is 1. The summed E-state index contributed by atoms with van der Waals surface area (Å²) >= 11 is 5.86. The van der Waals surface area contributed by atoms with Crippen LogP contribution in [0.25, 0.3) is 6.08 Å². The molecule has 0 aliphatic rings. The van der Waals surface area contributed by atoms with Gasteiger partial charge in [-0.2, -0.15) is 0 Å². The molecule has 0 aliphatic carbocycles. The Morgan fingerprint density at radius 3 is 2.16 bits per heavy atom. The summed E-state index contributed by atoms with van der Waals surface area (Å²) in [6.45, 7) is 12.2. The molecule has 0 fully saturated rings. The van der Waals surface area contributed by atoms with Crippen LogP contribution in [-0.4, -0.2) is 12.1 Å². The van der Waals surface area contributed by atoms with Crippen molar-refractivity contribution in [3.63, 3.8) is 0 Å². The van der Waals surface area contributed by atoms with E-state index in [0.717, 1.165) is 18.0 Å². The fourth-order valence-electron chi connectivity index (χ4n) is 2.49. The van der Waals surface area contributed by atoms with Crippen LogP contribution in [0.4, 0.5) is 0 Å². The Morgan fingerprint density at radius 2 is 1.63 bits per heavy atom. The molecule has 0 spiro atoms. The Kier molecular flexibility index (Phi) is 5.64. The summed E-state index contributed by atoms with van der Waals surface area (Å²) in [5.74, 6) is 0. The Balaban J connectivity index is 2.43. The number of nitrogens with one attached hydrogen (secondary N) is 1. The van der Waals surface area contributed by atoms with Gasteiger partial charge in [-0.3, -0.25) is 0 Å². The van der Waals surface area contributed by atoms with Crippen LogP contribution >= 0.6 is 11.6 Å². The molecule has 0 aromatic heterocycles. The second-order valence-electron chi connectivity index (χ2n) is 6.96. The molecule has 0 saturated carbocycles. The third-order valence-electron chi connectivity index (χ3n) is 2.85. The SMILES string of the molecule is CC(C)(C)CC(C)(C)NCC=Cc1ccc(Cl)cc1. The van der Waals surface area contributed by atoms with Gasteiger partial charge >= 0.3 is 0 Å². The highest BCUT2D eigenvalue weighted by atomic mass is 35.5. The van der Waals surface area contributed by atoms with E-state index in [9.17, 15) is 0 Å². The molecule has 0 saturated heterocycles. The highest BCUT2D eigenvalue weighted by Gasteiger charge is 2.24. The van der Waals surface area contributed by atoms with Crippen LogP contribution in [0.15, 0.2) is 30.3 Å². The first-order valence-electron chi connectivity index (χ1n) is 6.85. The van der Waals surface area contributed by atoms with Gasteiger partial charge in [-0.1, -0.05) is 56.7 Å². The molecule has 0 unspecified atom stereocenters. The maximum atomic E-state index is 5.86. The van der Waals surface area contributed by atoms with E-state index in [1.807, 2.05) is 24.3 Å². The van der Waals surface area contributed by atoms with E-state index in [1.165, 1.54) is 5.56 Å². The van der Waals surface area contributed by atoms with Crippen LogP contribution < -0.4 is 5.32 Å². The molecule has 1 N–H and O–H groups in total. The third kappa shape index (κ3) is 7.39. The van der Waals surface area contributed by atoms with Crippen molar-refractivity contribution in [2.45, 2.75) is 46.6 Å². The quantitative estimate of drug-likeness (QED) is 0.785. The van der Waals surface area contributed by atoms with Gasteiger partial charge in [-0.25, -0.2) is 0 Å². The first-order chi connectivity index (χ1) is 8.68. The van der Waals surface area contributed by atoms with Crippen LogP contribution in [0, 0.1) is 5.41 Å². The van der Waals surface area contributed by atoms with Crippen molar-refractivity contribution in [2.24, 2.45) is 5.41 Å². The molecule has 0 atom stereocenters. The molecule has 0 aliphatic heterocycles. The van der Waals surface area contributed by atoms with E-state index in [2.05, 4.69) is 52.1 Å². The van der Waals surface area contributed by atoms with Gasteiger partial charge in [0.2, 0.25) is 0 Å². The van der Waals surface area contributed by atoms with Gasteiger partial charge in [0, 0.05) is 17.1 Å². The lowest BCUT2D eigenvalue weighted by molar-refractivity contribution is 0.248. The van der Waals surface area contributed by atoms with E-state index in [4.69, 9.17) is 11.6 Å². The van der Waals surface area contributed by atoms with E-state index in [0.29, 0.717) is 5.41 Å². The number of halogens is 1. The van der Waals surface area contributed by atoms with Crippen LogP contribution in [0.2, 0.25) is 5.02 Å². The second-order valence-corrected chi connectivity index (χ2v) is 7.39. The zero-order valence-corrected chi connectivity index (χ0v) is 13.5. The maximum Gasteiger partial charge on any atom is 0.0406 e. The molecule has 1 aromatic carbocycles. The first kappa shape index (κ1) is 16.3.